The lowest BCUT2D eigenvalue weighted by Crippen LogP contribution is -2.00. The van der Waals surface area contributed by atoms with E-state index in [9.17, 15) is 4.79 Å². The van der Waals surface area contributed by atoms with Crippen LogP contribution in [-0.2, 0) is 4.74 Å². The lowest BCUT2D eigenvalue weighted by Gasteiger charge is -2.09. The third-order valence-corrected chi connectivity index (χ3v) is 4.45. The second kappa shape index (κ2) is 10.7. The Hall–Kier alpha value is -3.77. The Morgan fingerprint density at radius 1 is 1.00 bits per heavy atom. The molecule has 0 aromatic heterocycles. The predicted octanol–water partition coefficient (Wildman–Crippen LogP) is 5.99. The van der Waals surface area contributed by atoms with Crippen LogP contribution in [0.25, 0.3) is 17.2 Å². The van der Waals surface area contributed by atoms with E-state index in [1.807, 2.05) is 48.6 Å². The summed E-state index contributed by atoms with van der Waals surface area (Å²) in [5.74, 6) is 6.67. The molecule has 0 amide bonds. The fourth-order valence-electron chi connectivity index (χ4n) is 2.94. The number of carbonyl (C=O) groups excluding carboxylic acids is 1. The van der Waals surface area contributed by atoms with Crippen molar-refractivity contribution in [3.63, 3.8) is 0 Å². The number of allylic oxidation sites excluding steroid dienone is 1. The monoisotopic (exact) mass is 396 g/mol. The van der Waals surface area contributed by atoms with Crippen LogP contribution in [0.4, 0.5) is 0 Å². The van der Waals surface area contributed by atoms with Gasteiger partial charge in [0.1, 0.15) is 5.75 Å². The fourth-order valence-corrected chi connectivity index (χ4v) is 2.94. The number of hydrogen-bond donors (Lipinski definition) is 0. The average Bonchev–Trinajstić information content (AvgIpc) is 2.81. The summed E-state index contributed by atoms with van der Waals surface area (Å²) in [6.07, 6.45) is 4.82. The summed E-state index contributed by atoms with van der Waals surface area (Å²) in [6.45, 7) is 2.81. The summed E-state index contributed by atoms with van der Waals surface area (Å²) in [5, 5.41) is 0. The lowest BCUT2D eigenvalue weighted by atomic mass is 9.99. The molecule has 3 heteroatoms. The normalized spacial score (nSPS) is 10.3. The maximum absolute atomic E-state index is 11.5. The lowest BCUT2D eigenvalue weighted by molar-refractivity contribution is 0.0600. The Kier molecular flexibility index (Phi) is 7.46. The maximum Gasteiger partial charge on any atom is 0.337 e. The smallest absolute Gasteiger partial charge is 0.337 e. The molecule has 150 valence electrons. The van der Waals surface area contributed by atoms with Crippen LogP contribution >= 0.6 is 0 Å². The molecule has 0 atom stereocenters. The van der Waals surface area contributed by atoms with Gasteiger partial charge in [-0.25, -0.2) is 4.79 Å². The fraction of sp³-hybridized carbons (Fsp3) is 0.148. The van der Waals surface area contributed by atoms with Gasteiger partial charge in [-0.05, 0) is 71.7 Å². The molecule has 0 fully saturated rings. The molecule has 0 unspecified atom stereocenters. The topological polar surface area (TPSA) is 35.5 Å². The Labute approximate surface area is 178 Å². The van der Waals surface area contributed by atoms with Gasteiger partial charge in [0, 0.05) is 5.56 Å². The molecule has 0 aliphatic heterocycles. The van der Waals surface area contributed by atoms with E-state index < -0.39 is 0 Å². The number of benzene rings is 3. The van der Waals surface area contributed by atoms with Gasteiger partial charge < -0.3 is 9.47 Å². The van der Waals surface area contributed by atoms with Crippen molar-refractivity contribution in [1.82, 2.24) is 0 Å². The molecular formula is C27H24O3. The Morgan fingerprint density at radius 2 is 1.80 bits per heavy atom. The van der Waals surface area contributed by atoms with Crippen LogP contribution in [0.3, 0.4) is 0 Å². The zero-order valence-electron chi connectivity index (χ0n) is 17.2. The van der Waals surface area contributed by atoms with Crippen molar-refractivity contribution >= 4 is 12.0 Å². The van der Waals surface area contributed by atoms with Crippen molar-refractivity contribution in [2.75, 3.05) is 13.7 Å². The molecule has 0 radical (unpaired) electrons. The predicted molar refractivity (Wildman–Crippen MR) is 121 cm³/mol. The number of carbonyl (C=O) groups is 1. The van der Waals surface area contributed by atoms with E-state index in [1.165, 1.54) is 7.11 Å². The average molecular weight is 396 g/mol. The number of esters is 1. The Morgan fingerprint density at radius 3 is 2.57 bits per heavy atom. The van der Waals surface area contributed by atoms with E-state index in [4.69, 9.17) is 9.47 Å². The van der Waals surface area contributed by atoms with E-state index >= 15 is 0 Å². The van der Waals surface area contributed by atoms with Crippen molar-refractivity contribution < 1.29 is 14.3 Å². The highest BCUT2D eigenvalue weighted by Gasteiger charge is 2.04. The van der Waals surface area contributed by atoms with Crippen LogP contribution in [0.15, 0.2) is 78.9 Å². The van der Waals surface area contributed by atoms with Crippen molar-refractivity contribution in [3.8, 4) is 28.7 Å². The molecule has 0 aliphatic carbocycles. The molecule has 0 saturated heterocycles. The molecule has 30 heavy (non-hydrogen) atoms. The zero-order chi connectivity index (χ0) is 21.2. The Bertz CT molecular complexity index is 1080. The van der Waals surface area contributed by atoms with Crippen molar-refractivity contribution in [2.45, 2.75) is 13.3 Å². The van der Waals surface area contributed by atoms with Crippen LogP contribution in [0.5, 0.6) is 5.75 Å². The van der Waals surface area contributed by atoms with Gasteiger partial charge in [0.2, 0.25) is 0 Å². The first-order valence-electron chi connectivity index (χ1n) is 9.90. The molecule has 0 aliphatic rings. The summed E-state index contributed by atoms with van der Waals surface area (Å²) >= 11 is 0. The minimum atomic E-state index is -0.352. The number of hydrogen-bond acceptors (Lipinski definition) is 3. The van der Waals surface area contributed by atoms with E-state index in [2.05, 4.69) is 43.0 Å². The van der Waals surface area contributed by atoms with Gasteiger partial charge in [-0.2, -0.15) is 0 Å². The van der Waals surface area contributed by atoms with Gasteiger partial charge in [0.25, 0.3) is 0 Å². The van der Waals surface area contributed by atoms with Crippen LogP contribution < -0.4 is 4.74 Å². The second-order valence-corrected chi connectivity index (χ2v) is 6.64. The highest BCUT2D eigenvalue weighted by atomic mass is 16.5. The van der Waals surface area contributed by atoms with Gasteiger partial charge >= 0.3 is 5.97 Å². The number of methoxy groups -OCH3 is 1. The summed E-state index contributed by atoms with van der Waals surface area (Å²) < 4.78 is 10.5. The largest absolute Gasteiger partial charge is 0.494 e. The standard InChI is InChI=1S/C27H24O3/c1-3-19-30-25-13-8-12-24(20-25)26-14-7-6-11-22(26)10-5-4-9-21-15-17-23(18-16-21)27(28)29-2/h5-8,10-18,20H,3,19H2,1-2H3. The minimum absolute atomic E-state index is 0.352. The first kappa shape index (κ1) is 21.0. The molecule has 0 bridgehead atoms. The third-order valence-electron chi connectivity index (χ3n) is 4.45. The van der Waals surface area contributed by atoms with E-state index in [0.717, 1.165) is 34.4 Å². The molecule has 3 aromatic rings. The molecule has 3 nitrogen and oxygen atoms in total. The van der Waals surface area contributed by atoms with Crippen LogP contribution in [-0.4, -0.2) is 19.7 Å². The number of rotatable bonds is 6. The zero-order valence-corrected chi connectivity index (χ0v) is 17.2. The molecule has 0 spiro atoms. The highest BCUT2D eigenvalue weighted by molar-refractivity contribution is 5.89. The molecule has 0 N–H and O–H groups in total. The molecule has 3 rings (SSSR count). The van der Waals surface area contributed by atoms with E-state index in [1.54, 1.807) is 12.1 Å². The second-order valence-electron chi connectivity index (χ2n) is 6.64. The summed E-state index contributed by atoms with van der Waals surface area (Å²) in [4.78, 5) is 11.5. The summed E-state index contributed by atoms with van der Waals surface area (Å²) in [5.41, 5.74) is 4.66. The summed E-state index contributed by atoms with van der Waals surface area (Å²) in [6, 6.07) is 23.4. The van der Waals surface area contributed by atoms with Crippen LogP contribution in [0.2, 0.25) is 0 Å². The van der Waals surface area contributed by atoms with Gasteiger partial charge in [-0.1, -0.05) is 55.2 Å². The Balaban J connectivity index is 1.77. The van der Waals surface area contributed by atoms with Gasteiger partial charge in [0.15, 0.2) is 0 Å². The molecular weight excluding hydrogens is 372 g/mol. The van der Waals surface area contributed by atoms with Gasteiger partial charge in [0.05, 0.1) is 19.3 Å². The van der Waals surface area contributed by atoms with Gasteiger partial charge in [-0.3, -0.25) is 0 Å². The quantitative estimate of drug-likeness (QED) is 0.379. The maximum atomic E-state index is 11.5. The number of ether oxygens (including phenoxy) is 2. The summed E-state index contributed by atoms with van der Waals surface area (Å²) in [7, 11) is 1.37. The van der Waals surface area contributed by atoms with Crippen LogP contribution in [0, 0.1) is 11.8 Å². The molecule has 0 heterocycles. The molecule has 3 aromatic carbocycles. The first-order chi connectivity index (χ1) is 14.7. The highest BCUT2D eigenvalue weighted by Crippen LogP contribution is 2.27. The minimum Gasteiger partial charge on any atom is -0.494 e. The van der Waals surface area contributed by atoms with E-state index in [-0.39, 0.29) is 5.97 Å². The third kappa shape index (κ3) is 5.62. The van der Waals surface area contributed by atoms with Crippen molar-refractivity contribution in [3.05, 3.63) is 95.6 Å². The SMILES string of the molecule is CCCOc1cccc(-c2ccccc2C=CC#Cc2ccc(C(=O)OC)cc2)c1. The molecule has 0 saturated carbocycles. The first-order valence-corrected chi connectivity index (χ1v) is 9.90. The van der Waals surface area contributed by atoms with Gasteiger partial charge in [-0.15, -0.1) is 0 Å². The van der Waals surface area contributed by atoms with E-state index in [0.29, 0.717) is 12.2 Å². The van der Waals surface area contributed by atoms with Crippen molar-refractivity contribution in [1.29, 1.82) is 0 Å². The van der Waals surface area contributed by atoms with Crippen molar-refractivity contribution in [2.24, 2.45) is 0 Å². The van der Waals surface area contributed by atoms with Crippen LogP contribution in [0.1, 0.15) is 34.8 Å².